The molecule has 0 bridgehead atoms. The van der Waals surface area contributed by atoms with E-state index in [0.717, 1.165) is 16.7 Å². The van der Waals surface area contributed by atoms with E-state index >= 15 is 0 Å². The highest BCUT2D eigenvalue weighted by atomic mass is 19.4. The zero-order chi connectivity index (χ0) is 30.3. The first-order chi connectivity index (χ1) is 21.4. The standard InChI is InChI=1S/C36H25F3N4O/c1-24-21-22-31-30(23-24)32(36(37,38)39)33(44-31)28-19-11-12-20-29(28)34-40-42-43(41-34)35(25-13-5-2-6-14-25,26-15-7-3-8-16-26)27-17-9-4-10-18-27/h2-23H,1H3. The summed E-state index contributed by atoms with van der Waals surface area (Å²) in [7, 11) is 0. The number of aromatic nitrogens is 4. The molecule has 0 saturated heterocycles. The highest BCUT2D eigenvalue weighted by Crippen LogP contribution is 2.46. The SMILES string of the molecule is Cc1ccc2oc(-c3ccccc3-c3nnn(C(c4ccccc4)(c4ccccc4)c4ccccc4)n3)c(C(F)(F)F)c2c1. The minimum atomic E-state index is -4.66. The number of fused-ring (bicyclic) bond motifs is 1. The Bertz CT molecular complexity index is 1970. The smallest absolute Gasteiger partial charge is 0.420 e. The maximum Gasteiger partial charge on any atom is 0.420 e. The van der Waals surface area contributed by atoms with Crippen LogP contribution in [0.4, 0.5) is 13.2 Å². The predicted octanol–water partition coefficient (Wildman–Crippen LogP) is 8.92. The molecule has 0 atom stereocenters. The average Bonchev–Trinajstić information content (AvgIpc) is 3.69. The maximum absolute atomic E-state index is 14.6. The van der Waals surface area contributed by atoms with Crippen molar-refractivity contribution in [3.63, 3.8) is 0 Å². The summed E-state index contributed by atoms with van der Waals surface area (Å²) < 4.78 is 49.6. The summed E-state index contributed by atoms with van der Waals surface area (Å²) in [6, 6.07) is 41.0. The highest BCUT2D eigenvalue weighted by Gasteiger charge is 2.42. The summed E-state index contributed by atoms with van der Waals surface area (Å²) in [5, 5.41) is 13.9. The van der Waals surface area contributed by atoms with Crippen LogP contribution in [0.3, 0.4) is 0 Å². The molecule has 0 amide bonds. The number of alkyl halides is 3. The molecule has 0 N–H and O–H groups in total. The van der Waals surface area contributed by atoms with Crippen LogP contribution in [0.1, 0.15) is 27.8 Å². The topological polar surface area (TPSA) is 56.7 Å². The van der Waals surface area contributed by atoms with E-state index in [1.807, 2.05) is 91.0 Å². The van der Waals surface area contributed by atoms with Gasteiger partial charge in [-0.05, 0) is 41.0 Å². The molecule has 7 aromatic rings. The van der Waals surface area contributed by atoms with E-state index in [1.165, 1.54) is 6.07 Å². The van der Waals surface area contributed by atoms with Crippen molar-refractivity contribution in [1.82, 2.24) is 20.2 Å². The van der Waals surface area contributed by atoms with Gasteiger partial charge >= 0.3 is 6.18 Å². The van der Waals surface area contributed by atoms with Gasteiger partial charge in [0.15, 0.2) is 5.54 Å². The second-order valence-electron chi connectivity index (χ2n) is 10.6. The number of aryl methyl sites for hydroxylation is 1. The Morgan fingerprint density at radius 2 is 1.16 bits per heavy atom. The molecule has 8 heteroatoms. The Morgan fingerprint density at radius 1 is 0.636 bits per heavy atom. The first kappa shape index (κ1) is 27.3. The minimum absolute atomic E-state index is 0.00941. The molecule has 2 heterocycles. The van der Waals surface area contributed by atoms with E-state index in [1.54, 1.807) is 48.1 Å². The van der Waals surface area contributed by atoms with Gasteiger partial charge in [-0.25, -0.2) is 0 Å². The van der Waals surface area contributed by atoms with Crippen LogP contribution in [0.2, 0.25) is 0 Å². The Kier molecular flexibility index (Phi) is 6.62. The van der Waals surface area contributed by atoms with Crippen molar-refractivity contribution in [1.29, 1.82) is 0 Å². The summed E-state index contributed by atoms with van der Waals surface area (Å²) in [6.07, 6.45) is -4.66. The van der Waals surface area contributed by atoms with E-state index in [2.05, 4.69) is 10.3 Å². The van der Waals surface area contributed by atoms with Crippen molar-refractivity contribution in [2.75, 3.05) is 0 Å². The minimum Gasteiger partial charge on any atom is -0.455 e. The summed E-state index contributed by atoms with van der Waals surface area (Å²) in [5.74, 6) is -0.122. The largest absolute Gasteiger partial charge is 0.455 e. The lowest BCUT2D eigenvalue weighted by Crippen LogP contribution is -2.39. The number of tetrazole rings is 1. The quantitative estimate of drug-likeness (QED) is 0.183. The van der Waals surface area contributed by atoms with Crippen LogP contribution >= 0.6 is 0 Å². The molecule has 5 nitrogen and oxygen atoms in total. The second kappa shape index (κ2) is 10.6. The molecule has 216 valence electrons. The predicted molar refractivity (Wildman–Crippen MR) is 163 cm³/mol. The fourth-order valence-corrected chi connectivity index (χ4v) is 5.91. The third-order valence-electron chi connectivity index (χ3n) is 7.83. The Morgan fingerprint density at radius 3 is 1.70 bits per heavy atom. The van der Waals surface area contributed by atoms with Gasteiger partial charge in [-0.2, -0.15) is 13.2 Å². The third kappa shape index (κ3) is 4.46. The first-order valence-electron chi connectivity index (χ1n) is 14.0. The fourth-order valence-electron chi connectivity index (χ4n) is 5.91. The lowest BCUT2D eigenvalue weighted by atomic mass is 9.77. The number of nitrogens with zero attached hydrogens (tertiary/aromatic N) is 4. The number of rotatable bonds is 6. The van der Waals surface area contributed by atoms with Crippen molar-refractivity contribution in [3.8, 4) is 22.7 Å². The molecule has 44 heavy (non-hydrogen) atoms. The zero-order valence-corrected chi connectivity index (χ0v) is 23.5. The Hall–Kier alpha value is -5.50. The van der Waals surface area contributed by atoms with Gasteiger partial charge < -0.3 is 4.42 Å². The molecule has 0 aliphatic heterocycles. The average molecular weight is 587 g/mol. The highest BCUT2D eigenvalue weighted by molar-refractivity contribution is 5.92. The molecular formula is C36H25F3N4O. The van der Waals surface area contributed by atoms with E-state index < -0.39 is 17.3 Å². The van der Waals surface area contributed by atoms with Gasteiger partial charge in [-0.1, -0.05) is 127 Å². The molecule has 0 aliphatic carbocycles. The molecule has 0 unspecified atom stereocenters. The Labute approximate surface area is 251 Å². The van der Waals surface area contributed by atoms with Crippen LogP contribution in [0.15, 0.2) is 138 Å². The number of halogens is 3. The van der Waals surface area contributed by atoms with Crippen LogP contribution in [-0.2, 0) is 11.7 Å². The van der Waals surface area contributed by atoms with Crippen molar-refractivity contribution in [2.45, 2.75) is 18.6 Å². The number of benzene rings is 5. The van der Waals surface area contributed by atoms with E-state index in [0.29, 0.717) is 11.1 Å². The summed E-state index contributed by atoms with van der Waals surface area (Å²) in [5.41, 5.74) is 2.25. The molecule has 0 fully saturated rings. The number of hydrogen-bond acceptors (Lipinski definition) is 4. The van der Waals surface area contributed by atoms with Crippen molar-refractivity contribution < 1.29 is 17.6 Å². The molecule has 0 spiro atoms. The van der Waals surface area contributed by atoms with Crippen molar-refractivity contribution in [2.24, 2.45) is 0 Å². The normalized spacial score (nSPS) is 12.1. The van der Waals surface area contributed by atoms with E-state index in [-0.39, 0.29) is 28.1 Å². The molecule has 5 aromatic carbocycles. The van der Waals surface area contributed by atoms with Crippen LogP contribution in [0, 0.1) is 6.92 Å². The lowest BCUT2D eigenvalue weighted by molar-refractivity contribution is -0.136. The van der Waals surface area contributed by atoms with Gasteiger partial charge in [0.1, 0.15) is 16.9 Å². The molecule has 2 aromatic heterocycles. The van der Waals surface area contributed by atoms with Crippen LogP contribution in [0.5, 0.6) is 0 Å². The number of hydrogen-bond donors (Lipinski definition) is 0. The van der Waals surface area contributed by atoms with Gasteiger partial charge in [0.2, 0.25) is 5.82 Å². The van der Waals surface area contributed by atoms with E-state index in [9.17, 15) is 13.2 Å². The molecule has 0 saturated carbocycles. The second-order valence-corrected chi connectivity index (χ2v) is 10.6. The van der Waals surface area contributed by atoms with Gasteiger partial charge in [0, 0.05) is 16.5 Å². The fraction of sp³-hybridized carbons (Fsp3) is 0.0833. The molecule has 0 aliphatic rings. The van der Waals surface area contributed by atoms with Crippen LogP contribution in [-0.4, -0.2) is 20.2 Å². The summed E-state index contributed by atoms with van der Waals surface area (Å²) in [6.45, 7) is 1.75. The van der Waals surface area contributed by atoms with Gasteiger partial charge in [-0.15, -0.1) is 15.0 Å². The first-order valence-corrected chi connectivity index (χ1v) is 14.0. The van der Waals surface area contributed by atoms with Crippen LogP contribution in [0.25, 0.3) is 33.7 Å². The van der Waals surface area contributed by atoms with Crippen molar-refractivity contribution >= 4 is 11.0 Å². The van der Waals surface area contributed by atoms with Crippen LogP contribution < -0.4 is 0 Å². The zero-order valence-electron chi connectivity index (χ0n) is 23.5. The third-order valence-corrected chi connectivity index (χ3v) is 7.83. The van der Waals surface area contributed by atoms with E-state index in [4.69, 9.17) is 9.52 Å². The molecular weight excluding hydrogens is 561 g/mol. The Balaban J connectivity index is 1.47. The molecule has 0 radical (unpaired) electrons. The summed E-state index contributed by atoms with van der Waals surface area (Å²) in [4.78, 5) is 1.55. The molecule has 7 rings (SSSR count). The summed E-state index contributed by atoms with van der Waals surface area (Å²) >= 11 is 0. The van der Waals surface area contributed by atoms with Gasteiger partial charge in [0.25, 0.3) is 0 Å². The lowest BCUT2D eigenvalue weighted by Gasteiger charge is -2.34. The van der Waals surface area contributed by atoms with Gasteiger partial charge in [0.05, 0.1) is 0 Å². The van der Waals surface area contributed by atoms with Gasteiger partial charge in [-0.3, -0.25) is 0 Å². The number of furan rings is 1. The maximum atomic E-state index is 14.6. The monoisotopic (exact) mass is 586 g/mol. The van der Waals surface area contributed by atoms with Crippen molar-refractivity contribution in [3.05, 3.63) is 161 Å².